The molecule has 1 N–H and O–H groups in total. The Hall–Kier alpha value is -1.30. The van der Waals surface area contributed by atoms with Crippen LogP contribution in [-0.4, -0.2) is 31.3 Å². The SMILES string of the molecule is CCN(CC(F)(F)F)c1cc(C(C)NC)ccn1. The van der Waals surface area contributed by atoms with Crippen molar-refractivity contribution in [3.8, 4) is 0 Å². The Bertz CT molecular complexity index is 379. The van der Waals surface area contributed by atoms with Crippen molar-refractivity contribution >= 4 is 5.82 Å². The Balaban J connectivity index is 2.93. The van der Waals surface area contributed by atoms with Crippen molar-refractivity contribution < 1.29 is 13.2 Å². The summed E-state index contributed by atoms with van der Waals surface area (Å²) in [5, 5.41) is 3.05. The summed E-state index contributed by atoms with van der Waals surface area (Å²) in [6.07, 6.45) is -2.68. The van der Waals surface area contributed by atoms with Gasteiger partial charge in [0.2, 0.25) is 0 Å². The first-order valence-electron chi connectivity index (χ1n) is 5.82. The molecule has 1 aromatic heterocycles. The number of anilines is 1. The molecule has 18 heavy (non-hydrogen) atoms. The second-order valence-electron chi connectivity index (χ2n) is 4.09. The molecular formula is C12H18F3N3. The van der Waals surface area contributed by atoms with Crippen LogP contribution >= 0.6 is 0 Å². The van der Waals surface area contributed by atoms with Gasteiger partial charge < -0.3 is 10.2 Å². The van der Waals surface area contributed by atoms with E-state index in [1.807, 2.05) is 6.92 Å². The van der Waals surface area contributed by atoms with Crippen LogP contribution < -0.4 is 10.2 Å². The molecule has 6 heteroatoms. The molecular weight excluding hydrogens is 243 g/mol. The molecule has 1 atom stereocenters. The molecule has 0 spiro atoms. The fourth-order valence-electron chi connectivity index (χ4n) is 1.61. The molecule has 3 nitrogen and oxygen atoms in total. The molecule has 0 aliphatic heterocycles. The number of halogens is 3. The molecule has 0 fully saturated rings. The van der Waals surface area contributed by atoms with E-state index in [0.717, 1.165) is 5.56 Å². The molecule has 0 aliphatic carbocycles. The Labute approximate surface area is 105 Å². The first-order chi connectivity index (χ1) is 8.37. The zero-order chi connectivity index (χ0) is 13.8. The van der Waals surface area contributed by atoms with Crippen LogP contribution in [0.15, 0.2) is 18.3 Å². The van der Waals surface area contributed by atoms with Crippen molar-refractivity contribution in [3.05, 3.63) is 23.9 Å². The van der Waals surface area contributed by atoms with E-state index < -0.39 is 12.7 Å². The van der Waals surface area contributed by atoms with Gasteiger partial charge in [0.05, 0.1) is 0 Å². The number of nitrogens with zero attached hydrogens (tertiary/aromatic N) is 2. The monoisotopic (exact) mass is 261 g/mol. The van der Waals surface area contributed by atoms with E-state index in [9.17, 15) is 13.2 Å². The third kappa shape index (κ3) is 4.18. The van der Waals surface area contributed by atoms with E-state index in [4.69, 9.17) is 0 Å². The van der Waals surface area contributed by atoms with Crippen LogP contribution in [0.3, 0.4) is 0 Å². The van der Waals surface area contributed by atoms with Gasteiger partial charge in [0.25, 0.3) is 0 Å². The topological polar surface area (TPSA) is 28.2 Å². The van der Waals surface area contributed by atoms with Crippen LogP contribution in [0, 0.1) is 0 Å². The maximum atomic E-state index is 12.4. The van der Waals surface area contributed by atoms with Gasteiger partial charge in [-0.3, -0.25) is 0 Å². The lowest BCUT2D eigenvalue weighted by Crippen LogP contribution is -2.34. The van der Waals surface area contributed by atoms with Gasteiger partial charge in [-0.1, -0.05) is 0 Å². The Morgan fingerprint density at radius 1 is 1.44 bits per heavy atom. The number of alkyl halides is 3. The van der Waals surface area contributed by atoms with E-state index in [2.05, 4.69) is 10.3 Å². The molecule has 0 aromatic carbocycles. The Morgan fingerprint density at radius 3 is 2.61 bits per heavy atom. The molecule has 102 valence electrons. The number of hydrogen-bond acceptors (Lipinski definition) is 3. The molecule has 0 saturated carbocycles. The van der Waals surface area contributed by atoms with Crippen molar-refractivity contribution in [1.29, 1.82) is 0 Å². The van der Waals surface area contributed by atoms with Gasteiger partial charge in [-0.25, -0.2) is 4.98 Å². The second kappa shape index (κ2) is 6.04. The lowest BCUT2D eigenvalue weighted by atomic mass is 10.1. The number of rotatable bonds is 5. The average Bonchev–Trinajstić information content (AvgIpc) is 2.34. The minimum atomic E-state index is -4.22. The normalized spacial score (nSPS) is 13.4. The molecule has 0 aliphatic rings. The van der Waals surface area contributed by atoms with Crippen LogP contribution in [0.4, 0.5) is 19.0 Å². The summed E-state index contributed by atoms with van der Waals surface area (Å²) in [5.74, 6) is 0.356. The zero-order valence-corrected chi connectivity index (χ0v) is 10.8. The summed E-state index contributed by atoms with van der Waals surface area (Å²) in [6, 6.07) is 3.57. The number of pyridine rings is 1. The molecule has 0 saturated heterocycles. The first-order valence-corrected chi connectivity index (χ1v) is 5.82. The molecule has 1 unspecified atom stereocenters. The predicted octanol–water partition coefficient (Wildman–Crippen LogP) is 2.75. The number of hydrogen-bond donors (Lipinski definition) is 1. The second-order valence-corrected chi connectivity index (χ2v) is 4.09. The van der Waals surface area contributed by atoms with E-state index in [1.165, 1.54) is 11.1 Å². The van der Waals surface area contributed by atoms with Crippen molar-refractivity contribution in [2.75, 3.05) is 25.0 Å². The van der Waals surface area contributed by atoms with Crippen LogP contribution in [-0.2, 0) is 0 Å². The highest BCUT2D eigenvalue weighted by Crippen LogP contribution is 2.22. The van der Waals surface area contributed by atoms with Gasteiger partial charge in [-0.2, -0.15) is 13.2 Å². The Morgan fingerprint density at radius 2 is 2.11 bits per heavy atom. The molecule has 0 amide bonds. The van der Waals surface area contributed by atoms with Gasteiger partial charge in [0, 0.05) is 18.8 Å². The van der Waals surface area contributed by atoms with E-state index in [0.29, 0.717) is 5.82 Å². The largest absolute Gasteiger partial charge is 0.405 e. The molecule has 1 rings (SSSR count). The van der Waals surface area contributed by atoms with Gasteiger partial charge in [0.1, 0.15) is 12.4 Å². The third-order valence-corrected chi connectivity index (χ3v) is 2.78. The van der Waals surface area contributed by atoms with Gasteiger partial charge >= 0.3 is 6.18 Å². The maximum Gasteiger partial charge on any atom is 0.405 e. The quantitative estimate of drug-likeness (QED) is 0.883. The van der Waals surface area contributed by atoms with Gasteiger partial charge in [-0.15, -0.1) is 0 Å². The summed E-state index contributed by atoms with van der Waals surface area (Å²) < 4.78 is 37.3. The smallest absolute Gasteiger partial charge is 0.348 e. The fourth-order valence-corrected chi connectivity index (χ4v) is 1.61. The number of nitrogens with one attached hydrogen (secondary N) is 1. The highest BCUT2D eigenvalue weighted by molar-refractivity contribution is 5.41. The van der Waals surface area contributed by atoms with Crippen molar-refractivity contribution in [2.45, 2.75) is 26.1 Å². The fraction of sp³-hybridized carbons (Fsp3) is 0.583. The van der Waals surface area contributed by atoms with Crippen molar-refractivity contribution in [2.24, 2.45) is 0 Å². The van der Waals surface area contributed by atoms with Crippen LogP contribution in [0.1, 0.15) is 25.5 Å². The minimum absolute atomic E-state index is 0.0799. The lowest BCUT2D eigenvalue weighted by molar-refractivity contribution is -0.119. The highest BCUT2D eigenvalue weighted by atomic mass is 19.4. The summed E-state index contributed by atoms with van der Waals surface area (Å²) in [6.45, 7) is 2.92. The lowest BCUT2D eigenvalue weighted by Gasteiger charge is -2.24. The van der Waals surface area contributed by atoms with Crippen LogP contribution in [0.5, 0.6) is 0 Å². The Kier molecular flexibility index (Phi) is 4.95. The van der Waals surface area contributed by atoms with Gasteiger partial charge in [0.15, 0.2) is 0 Å². The van der Waals surface area contributed by atoms with E-state index in [1.54, 1.807) is 26.1 Å². The standard InChI is InChI=1S/C12H18F3N3/c1-4-18(8-12(13,14)15)11-7-10(5-6-17-11)9(2)16-3/h5-7,9,16H,4,8H2,1-3H3. The maximum absolute atomic E-state index is 12.4. The highest BCUT2D eigenvalue weighted by Gasteiger charge is 2.30. The molecule has 1 aromatic rings. The van der Waals surface area contributed by atoms with E-state index >= 15 is 0 Å². The molecule has 0 radical (unpaired) electrons. The first kappa shape index (κ1) is 14.8. The third-order valence-electron chi connectivity index (χ3n) is 2.78. The average molecular weight is 261 g/mol. The van der Waals surface area contributed by atoms with Crippen molar-refractivity contribution in [3.63, 3.8) is 0 Å². The summed E-state index contributed by atoms with van der Waals surface area (Å²) >= 11 is 0. The molecule has 0 bridgehead atoms. The number of aromatic nitrogens is 1. The minimum Gasteiger partial charge on any atom is -0.348 e. The van der Waals surface area contributed by atoms with Crippen LogP contribution in [0.25, 0.3) is 0 Å². The van der Waals surface area contributed by atoms with Crippen molar-refractivity contribution in [1.82, 2.24) is 10.3 Å². The summed E-state index contributed by atoms with van der Waals surface area (Å²) in [7, 11) is 1.80. The van der Waals surface area contributed by atoms with Gasteiger partial charge in [-0.05, 0) is 38.6 Å². The summed E-state index contributed by atoms with van der Waals surface area (Å²) in [5.41, 5.74) is 0.920. The summed E-state index contributed by atoms with van der Waals surface area (Å²) in [4.78, 5) is 5.22. The van der Waals surface area contributed by atoms with E-state index in [-0.39, 0.29) is 12.6 Å². The molecule has 1 heterocycles. The predicted molar refractivity (Wildman–Crippen MR) is 65.7 cm³/mol. The van der Waals surface area contributed by atoms with Crippen LogP contribution in [0.2, 0.25) is 0 Å². The zero-order valence-electron chi connectivity index (χ0n) is 10.8.